The molecular formula is C15H29N3O2. The van der Waals surface area contributed by atoms with Crippen LogP contribution in [0.4, 0.5) is 0 Å². The minimum absolute atomic E-state index is 0.0725. The smallest absolute Gasteiger partial charge is 0.324 e. The summed E-state index contributed by atoms with van der Waals surface area (Å²) in [6.45, 7) is 7.19. The van der Waals surface area contributed by atoms with Crippen LogP contribution in [0.5, 0.6) is 0 Å². The number of hydrogen-bond donors (Lipinski definition) is 1. The average Bonchev–Trinajstić information content (AvgIpc) is 2.47. The summed E-state index contributed by atoms with van der Waals surface area (Å²) in [7, 11) is 2.23. The van der Waals surface area contributed by atoms with E-state index in [1.807, 2.05) is 6.92 Å². The topological polar surface area (TPSA) is 44.8 Å². The van der Waals surface area contributed by atoms with Crippen LogP contribution >= 0.6 is 0 Å². The molecule has 0 aromatic heterocycles. The van der Waals surface area contributed by atoms with E-state index in [0.717, 1.165) is 32.6 Å². The van der Waals surface area contributed by atoms with Crippen molar-refractivity contribution in [3.05, 3.63) is 0 Å². The second-order valence-corrected chi connectivity index (χ2v) is 5.93. The van der Waals surface area contributed by atoms with Crippen LogP contribution in [0.3, 0.4) is 0 Å². The number of rotatable bonds is 5. The zero-order valence-electron chi connectivity index (χ0n) is 12.9. The van der Waals surface area contributed by atoms with Crippen molar-refractivity contribution in [1.29, 1.82) is 0 Å². The van der Waals surface area contributed by atoms with E-state index in [0.29, 0.717) is 12.6 Å². The number of likely N-dealkylation sites (tertiary alicyclic amines) is 1. The molecule has 0 aromatic rings. The molecule has 1 N–H and O–H groups in total. The first-order chi connectivity index (χ1) is 9.72. The Morgan fingerprint density at radius 3 is 2.95 bits per heavy atom. The van der Waals surface area contributed by atoms with E-state index in [-0.39, 0.29) is 12.0 Å². The lowest BCUT2D eigenvalue weighted by molar-refractivity contribution is -0.150. The Labute approximate surface area is 122 Å². The van der Waals surface area contributed by atoms with E-state index in [4.69, 9.17) is 4.74 Å². The summed E-state index contributed by atoms with van der Waals surface area (Å²) in [5.41, 5.74) is 0. The molecule has 2 rings (SSSR count). The van der Waals surface area contributed by atoms with Gasteiger partial charge in [0.05, 0.1) is 6.61 Å². The Kier molecular flexibility index (Phi) is 6.26. The van der Waals surface area contributed by atoms with Gasteiger partial charge in [0.1, 0.15) is 6.04 Å². The standard InChI is InChI=1S/C15H29N3O2/c1-3-20-15(19)14-12-16-8-11-18(14)10-7-13-6-4-5-9-17(13)2/h13-14,16H,3-12H2,1-2H3. The van der Waals surface area contributed by atoms with Crippen LogP contribution in [-0.4, -0.2) is 74.2 Å². The number of piperazine rings is 1. The third-order valence-corrected chi connectivity index (χ3v) is 4.58. The van der Waals surface area contributed by atoms with Gasteiger partial charge in [0.15, 0.2) is 0 Å². The van der Waals surface area contributed by atoms with Crippen molar-refractivity contribution in [3.63, 3.8) is 0 Å². The molecule has 2 heterocycles. The summed E-state index contributed by atoms with van der Waals surface area (Å²) in [4.78, 5) is 16.8. The highest BCUT2D eigenvalue weighted by atomic mass is 16.5. The maximum absolute atomic E-state index is 12.0. The summed E-state index contributed by atoms with van der Waals surface area (Å²) in [6.07, 6.45) is 5.13. The van der Waals surface area contributed by atoms with Gasteiger partial charge in [0.25, 0.3) is 0 Å². The first kappa shape index (κ1) is 15.7. The van der Waals surface area contributed by atoms with Crippen molar-refractivity contribution in [3.8, 4) is 0 Å². The molecule has 0 bridgehead atoms. The van der Waals surface area contributed by atoms with Gasteiger partial charge in [0, 0.05) is 32.2 Å². The minimum atomic E-state index is -0.0994. The van der Waals surface area contributed by atoms with Gasteiger partial charge in [-0.25, -0.2) is 0 Å². The first-order valence-corrected chi connectivity index (χ1v) is 8.04. The van der Waals surface area contributed by atoms with Crippen LogP contribution < -0.4 is 5.32 Å². The van der Waals surface area contributed by atoms with Crippen molar-refractivity contribution < 1.29 is 9.53 Å². The van der Waals surface area contributed by atoms with E-state index in [2.05, 4.69) is 22.2 Å². The van der Waals surface area contributed by atoms with Crippen LogP contribution in [0.25, 0.3) is 0 Å². The molecule has 0 aromatic carbocycles. The Hall–Kier alpha value is -0.650. The van der Waals surface area contributed by atoms with E-state index >= 15 is 0 Å². The number of hydrogen-bond acceptors (Lipinski definition) is 5. The largest absolute Gasteiger partial charge is 0.465 e. The normalized spacial score (nSPS) is 29.3. The minimum Gasteiger partial charge on any atom is -0.465 e. The van der Waals surface area contributed by atoms with Gasteiger partial charge in [-0.2, -0.15) is 0 Å². The lowest BCUT2D eigenvalue weighted by Crippen LogP contribution is -2.56. The predicted molar refractivity (Wildman–Crippen MR) is 79.7 cm³/mol. The maximum atomic E-state index is 12.0. The van der Waals surface area contributed by atoms with Crippen LogP contribution in [0, 0.1) is 0 Å². The monoisotopic (exact) mass is 283 g/mol. The summed E-state index contributed by atoms with van der Waals surface area (Å²) in [5.74, 6) is -0.0725. The molecule has 0 saturated carbocycles. The number of nitrogens with zero attached hydrogens (tertiary/aromatic N) is 2. The molecule has 20 heavy (non-hydrogen) atoms. The molecule has 5 heteroatoms. The van der Waals surface area contributed by atoms with Crippen molar-refractivity contribution in [2.75, 3.05) is 46.4 Å². The van der Waals surface area contributed by atoms with Crippen molar-refractivity contribution in [1.82, 2.24) is 15.1 Å². The Morgan fingerprint density at radius 2 is 2.20 bits per heavy atom. The molecule has 2 aliphatic heterocycles. The summed E-state index contributed by atoms with van der Waals surface area (Å²) in [5, 5.41) is 3.30. The van der Waals surface area contributed by atoms with Gasteiger partial charge >= 0.3 is 5.97 Å². The average molecular weight is 283 g/mol. The highest BCUT2D eigenvalue weighted by Gasteiger charge is 2.30. The Morgan fingerprint density at radius 1 is 1.35 bits per heavy atom. The fraction of sp³-hybridized carbons (Fsp3) is 0.933. The zero-order chi connectivity index (χ0) is 14.4. The second kappa shape index (κ2) is 7.96. The molecule has 2 aliphatic rings. The fourth-order valence-electron chi connectivity index (χ4n) is 3.31. The van der Waals surface area contributed by atoms with Crippen LogP contribution in [0.2, 0.25) is 0 Å². The number of carbonyl (C=O) groups excluding carboxylic acids is 1. The van der Waals surface area contributed by atoms with Crippen molar-refractivity contribution in [2.24, 2.45) is 0 Å². The van der Waals surface area contributed by atoms with Gasteiger partial charge in [-0.3, -0.25) is 9.69 Å². The molecular weight excluding hydrogens is 254 g/mol. The lowest BCUT2D eigenvalue weighted by atomic mass is 9.99. The van der Waals surface area contributed by atoms with Gasteiger partial charge in [-0.05, 0) is 39.8 Å². The molecule has 2 saturated heterocycles. The number of piperidine rings is 1. The molecule has 0 radical (unpaired) electrons. The summed E-state index contributed by atoms with van der Waals surface area (Å²) >= 11 is 0. The van der Waals surface area contributed by atoms with Crippen LogP contribution in [0.1, 0.15) is 32.6 Å². The molecule has 2 fully saturated rings. The highest BCUT2D eigenvalue weighted by Crippen LogP contribution is 2.19. The number of nitrogens with one attached hydrogen (secondary N) is 1. The third-order valence-electron chi connectivity index (χ3n) is 4.58. The van der Waals surface area contributed by atoms with Crippen molar-refractivity contribution in [2.45, 2.75) is 44.7 Å². The van der Waals surface area contributed by atoms with Crippen molar-refractivity contribution >= 4 is 5.97 Å². The third kappa shape index (κ3) is 4.17. The first-order valence-electron chi connectivity index (χ1n) is 8.04. The van der Waals surface area contributed by atoms with Crippen LogP contribution in [-0.2, 0) is 9.53 Å². The summed E-state index contributed by atoms with van der Waals surface area (Å²) in [6, 6.07) is 0.582. The fourth-order valence-corrected chi connectivity index (χ4v) is 3.31. The summed E-state index contributed by atoms with van der Waals surface area (Å²) < 4.78 is 5.19. The second-order valence-electron chi connectivity index (χ2n) is 5.93. The van der Waals surface area contributed by atoms with E-state index in [9.17, 15) is 4.79 Å². The number of esters is 1. The highest BCUT2D eigenvalue weighted by molar-refractivity contribution is 5.76. The SMILES string of the molecule is CCOC(=O)C1CNCCN1CCC1CCCCN1C. The lowest BCUT2D eigenvalue weighted by Gasteiger charge is -2.38. The molecule has 2 unspecified atom stereocenters. The van der Waals surface area contributed by atoms with E-state index < -0.39 is 0 Å². The molecule has 2 atom stereocenters. The van der Waals surface area contributed by atoms with E-state index in [1.54, 1.807) is 0 Å². The molecule has 0 amide bonds. The van der Waals surface area contributed by atoms with Gasteiger partial charge < -0.3 is 15.0 Å². The Bertz CT molecular complexity index is 311. The maximum Gasteiger partial charge on any atom is 0.324 e. The van der Waals surface area contributed by atoms with Gasteiger partial charge in [-0.1, -0.05) is 6.42 Å². The quantitative estimate of drug-likeness (QED) is 0.753. The number of ether oxygens (including phenoxy) is 1. The Balaban J connectivity index is 1.83. The van der Waals surface area contributed by atoms with Crippen LogP contribution in [0.15, 0.2) is 0 Å². The molecule has 0 spiro atoms. The predicted octanol–water partition coefficient (Wildman–Crippen LogP) is 0.698. The molecule has 5 nitrogen and oxygen atoms in total. The molecule has 0 aliphatic carbocycles. The zero-order valence-corrected chi connectivity index (χ0v) is 12.9. The van der Waals surface area contributed by atoms with Gasteiger partial charge in [-0.15, -0.1) is 0 Å². The molecule has 116 valence electrons. The van der Waals surface area contributed by atoms with Gasteiger partial charge in [0.2, 0.25) is 0 Å². The number of carbonyl (C=O) groups is 1. The van der Waals surface area contributed by atoms with E-state index in [1.165, 1.54) is 25.8 Å².